The zero-order chi connectivity index (χ0) is 12.4. The minimum absolute atomic E-state index is 0.681. The number of hydrogen-bond donors (Lipinski definition) is 0. The summed E-state index contributed by atoms with van der Waals surface area (Å²) < 4.78 is 1.92. The van der Waals surface area contributed by atoms with Gasteiger partial charge in [0, 0.05) is 18.5 Å². The van der Waals surface area contributed by atoms with Crippen LogP contribution < -0.4 is 0 Å². The molecule has 0 amide bonds. The molecule has 0 unspecified atom stereocenters. The Balaban J connectivity index is 2.00. The molecule has 0 bridgehead atoms. The SMILES string of the molecule is Cc1ccsc1CN(C)Cc1ncc(Cl)n1C. The molecule has 0 aliphatic rings. The Morgan fingerprint density at radius 2 is 2.24 bits per heavy atom. The molecule has 5 heteroatoms. The van der Waals surface area contributed by atoms with Crippen LogP contribution in [0.15, 0.2) is 17.6 Å². The van der Waals surface area contributed by atoms with Crippen LogP contribution in [0.1, 0.15) is 16.3 Å². The van der Waals surface area contributed by atoms with Crippen molar-refractivity contribution >= 4 is 22.9 Å². The molecule has 0 radical (unpaired) electrons. The second-order valence-electron chi connectivity index (χ2n) is 4.26. The van der Waals surface area contributed by atoms with E-state index >= 15 is 0 Å². The Morgan fingerprint density at radius 1 is 1.47 bits per heavy atom. The predicted octanol–water partition coefficient (Wildman–Crippen LogP) is 3.08. The first-order valence-corrected chi connectivity index (χ1v) is 6.71. The number of halogens is 1. The highest BCUT2D eigenvalue weighted by Crippen LogP contribution is 2.18. The molecule has 0 aliphatic heterocycles. The first kappa shape index (κ1) is 12.6. The number of thiophene rings is 1. The quantitative estimate of drug-likeness (QED) is 0.851. The standard InChI is InChI=1S/C12H16ClN3S/c1-9-4-5-17-10(9)7-15(2)8-12-14-6-11(13)16(12)3/h4-6H,7-8H2,1-3H3. The average Bonchev–Trinajstić information content (AvgIpc) is 2.80. The van der Waals surface area contributed by atoms with E-state index in [4.69, 9.17) is 11.6 Å². The normalized spacial score (nSPS) is 11.4. The molecule has 0 saturated heterocycles. The molecular weight excluding hydrogens is 254 g/mol. The summed E-state index contributed by atoms with van der Waals surface area (Å²) in [6, 6.07) is 2.16. The van der Waals surface area contributed by atoms with Crippen LogP contribution in [-0.2, 0) is 20.1 Å². The van der Waals surface area contributed by atoms with Crippen molar-refractivity contribution in [3.05, 3.63) is 39.1 Å². The van der Waals surface area contributed by atoms with E-state index in [0.29, 0.717) is 5.15 Å². The van der Waals surface area contributed by atoms with E-state index in [-0.39, 0.29) is 0 Å². The van der Waals surface area contributed by atoms with Gasteiger partial charge in [-0.25, -0.2) is 4.98 Å². The van der Waals surface area contributed by atoms with E-state index in [1.54, 1.807) is 17.5 Å². The first-order chi connectivity index (χ1) is 8.08. The van der Waals surface area contributed by atoms with Crippen LogP contribution in [0.4, 0.5) is 0 Å². The van der Waals surface area contributed by atoms with Gasteiger partial charge in [0.1, 0.15) is 11.0 Å². The van der Waals surface area contributed by atoms with Crippen molar-refractivity contribution in [3.8, 4) is 0 Å². The van der Waals surface area contributed by atoms with Crippen LogP contribution in [0.3, 0.4) is 0 Å². The molecular formula is C12H16ClN3S. The molecule has 2 rings (SSSR count). The largest absolute Gasteiger partial charge is 0.321 e. The molecule has 2 aromatic rings. The molecule has 92 valence electrons. The van der Waals surface area contributed by atoms with Gasteiger partial charge in [-0.05, 0) is 31.0 Å². The van der Waals surface area contributed by atoms with Gasteiger partial charge in [-0.15, -0.1) is 11.3 Å². The van der Waals surface area contributed by atoms with Crippen LogP contribution in [0.2, 0.25) is 5.15 Å². The second kappa shape index (κ2) is 5.21. The van der Waals surface area contributed by atoms with Crippen LogP contribution in [0, 0.1) is 6.92 Å². The maximum absolute atomic E-state index is 5.96. The third-order valence-electron chi connectivity index (χ3n) is 2.82. The Labute approximate surface area is 111 Å². The summed E-state index contributed by atoms with van der Waals surface area (Å²) in [4.78, 5) is 7.96. The predicted molar refractivity (Wildman–Crippen MR) is 72.4 cm³/mol. The van der Waals surface area contributed by atoms with Crippen molar-refractivity contribution in [1.82, 2.24) is 14.5 Å². The fraction of sp³-hybridized carbons (Fsp3) is 0.417. The number of aryl methyl sites for hydroxylation is 1. The Morgan fingerprint density at radius 3 is 2.76 bits per heavy atom. The smallest absolute Gasteiger partial charge is 0.128 e. The zero-order valence-electron chi connectivity index (χ0n) is 10.3. The minimum atomic E-state index is 0.681. The maximum Gasteiger partial charge on any atom is 0.128 e. The zero-order valence-corrected chi connectivity index (χ0v) is 11.8. The topological polar surface area (TPSA) is 21.1 Å². The van der Waals surface area contributed by atoms with E-state index in [0.717, 1.165) is 18.9 Å². The van der Waals surface area contributed by atoms with Crippen molar-refractivity contribution in [2.45, 2.75) is 20.0 Å². The summed E-state index contributed by atoms with van der Waals surface area (Å²) in [5.74, 6) is 0.992. The lowest BCUT2D eigenvalue weighted by molar-refractivity contribution is 0.309. The molecule has 17 heavy (non-hydrogen) atoms. The molecule has 0 aliphatic carbocycles. The first-order valence-electron chi connectivity index (χ1n) is 5.45. The van der Waals surface area contributed by atoms with Crippen LogP contribution in [0.25, 0.3) is 0 Å². The summed E-state index contributed by atoms with van der Waals surface area (Å²) in [7, 11) is 4.04. The summed E-state index contributed by atoms with van der Waals surface area (Å²) in [5, 5.41) is 2.82. The third kappa shape index (κ3) is 2.89. The van der Waals surface area contributed by atoms with Crippen molar-refractivity contribution in [1.29, 1.82) is 0 Å². The lowest BCUT2D eigenvalue weighted by Crippen LogP contribution is -2.19. The summed E-state index contributed by atoms with van der Waals surface area (Å²) in [6.45, 7) is 3.91. The molecule has 0 saturated carbocycles. The van der Waals surface area contributed by atoms with E-state index in [2.05, 4.69) is 35.3 Å². The lowest BCUT2D eigenvalue weighted by Gasteiger charge is -2.16. The summed E-state index contributed by atoms with van der Waals surface area (Å²) in [5.41, 5.74) is 1.36. The summed E-state index contributed by atoms with van der Waals surface area (Å²) in [6.07, 6.45) is 1.70. The number of nitrogens with zero attached hydrogens (tertiary/aromatic N) is 3. The van der Waals surface area contributed by atoms with E-state index < -0.39 is 0 Å². The van der Waals surface area contributed by atoms with Crippen LogP contribution in [0.5, 0.6) is 0 Å². The Bertz CT molecular complexity index is 504. The van der Waals surface area contributed by atoms with Gasteiger partial charge in [-0.1, -0.05) is 11.6 Å². The van der Waals surface area contributed by atoms with Gasteiger partial charge in [0.2, 0.25) is 0 Å². The number of hydrogen-bond acceptors (Lipinski definition) is 3. The molecule has 0 fully saturated rings. The Kier molecular flexibility index (Phi) is 3.86. The Hall–Kier alpha value is -0.840. The van der Waals surface area contributed by atoms with Crippen molar-refractivity contribution in [2.24, 2.45) is 7.05 Å². The third-order valence-corrected chi connectivity index (χ3v) is 4.18. The van der Waals surface area contributed by atoms with Crippen molar-refractivity contribution in [2.75, 3.05) is 7.05 Å². The average molecular weight is 270 g/mol. The lowest BCUT2D eigenvalue weighted by atomic mass is 10.3. The highest BCUT2D eigenvalue weighted by atomic mass is 35.5. The van der Waals surface area contributed by atoms with Gasteiger partial charge >= 0.3 is 0 Å². The van der Waals surface area contributed by atoms with Gasteiger partial charge in [0.25, 0.3) is 0 Å². The fourth-order valence-electron chi connectivity index (χ4n) is 1.68. The number of rotatable bonds is 4. The second-order valence-corrected chi connectivity index (χ2v) is 5.64. The molecule has 0 N–H and O–H groups in total. The van der Waals surface area contributed by atoms with E-state index in [9.17, 15) is 0 Å². The summed E-state index contributed by atoms with van der Waals surface area (Å²) >= 11 is 7.77. The van der Waals surface area contributed by atoms with Gasteiger partial charge < -0.3 is 4.57 Å². The van der Waals surface area contributed by atoms with Crippen LogP contribution >= 0.6 is 22.9 Å². The molecule has 2 heterocycles. The highest BCUT2D eigenvalue weighted by molar-refractivity contribution is 7.10. The molecule has 2 aromatic heterocycles. The highest BCUT2D eigenvalue weighted by Gasteiger charge is 2.09. The van der Waals surface area contributed by atoms with Gasteiger partial charge in [-0.2, -0.15) is 0 Å². The molecule has 0 aromatic carbocycles. The van der Waals surface area contributed by atoms with Crippen molar-refractivity contribution < 1.29 is 0 Å². The molecule has 3 nitrogen and oxygen atoms in total. The van der Waals surface area contributed by atoms with Crippen molar-refractivity contribution in [3.63, 3.8) is 0 Å². The molecule has 0 atom stereocenters. The van der Waals surface area contributed by atoms with Gasteiger partial charge in [-0.3, -0.25) is 4.90 Å². The molecule has 0 spiro atoms. The van der Waals surface area contributed by atoms with Gasteiger partial charge in [0.15, 0.2) is 0 Å². The van der Waals surface area contributed by atoms with Crippen LogP contribution in [-0.4, -0.2) is 21.5 Å². The maximum atomic E-state index is 5.96. The number of aromatic nitrogens is 2. The van der Waals surface area contributed by atoms with E-state index in [1.807, 2.05) is 11.6 Å². The van der Waals surface area contributed by atoms with Gasteiger partial charge in [0.05, 0.1) is 12.7 Å². The monoisotopic (exact) mass is 269 g/mol. The van der Waals surface area contributed by atoms with E-state index in [1.165, 1.54) is 10.4 Å². The fourth-order valence-corrected chi connectivity index (χ4v) is 2.81. The minimum Gasteiger partial charge on any atom is -0.321 e. The number of imidazole rings is 1.